The first-order chi connectivity index (χ1) is 11.7. The van der Waals surface area contributed by atoms with Crippen LogP contribution in [-0.2, 0) is 11.2 Å². The van der Waals surface area contributed by atoms with Crippen LogP contribution >= 0.6 is 11.6 Å². The number of halogens is 1. The topological polar surface area (TPSA) is 51.7 Å². The average Bonchev–Trinajstić information content (AvgIpc) is 2.54. The number of benzene rings is 1. The number of carbonyl (C=O) groups is 1. The zero-order valence-corrected chi connectivity index (χ0v) is 14.2. The molecule has 0 N–H and O–H groups in total. The smallest absolute Gasteiger partial charge is 0.232 e. The largest absolute Gasteiger partial charge is 0.494 e. The third-order valence-electron chi connectivity index (χ3n) is 3.79. The number of amides is 1. The van der Waals surface area contributed by atoms with E-state index < -0.39 is 0 Å². The van der Waals surface area contributed by atoms with Gasteiger partial charge in [-0.3, -0.25) is 4.79 Å². The van der Waals surface area contributed by atoms with Gasteiger partial charge in [-0.2, -0.15) is 0 Å². The lowest BCUT2D eigenvalue weighted by molar-refractivity contribution is -0.139. The summed E-state index contributed by atoms with van der Waals surface area (Å²) in [6, 6.07) is 11.1. The molecule has 0 aliphatic carbocycles. The number of pyridine rings is 1. The Hall–Kier alpha value is -2.27. The van der Waals surface area contributed by atoms with Crippen LogP contribution in [0.3, 0.4) is 0 Å². The number of aromatic nitrogens is 1. The fourth-order valence-electron chi connectivity index (χ4n) is 2.49. The molecule has 1 aliphatic heterocycles. The molecule has 1 saturated heterocycles. The van der Waals surface area contributed by atoms with Crippen molar-refractivity contribution in [3.63, 3.8) is 0 Å². The van der Waals surface area contributed by atoms with E-state index in [0.29, 0.717) is 37.0 Å². The summed E-state index contributed by atoms with van der Waals surface area (Å²) in [6.07, 6.45) is 1.96. The van der Waals surface area contributed by atoms with Gasteiger partial charge in [0.2, 0.25) is 11.8 Å². The minimum Gasteiger partial charge on any atom is -0.494 e. The van der Waals surface area contributed by atoms with Crippen molar-refractivity contribution in [1.29, 1.82) is 0 Å². The van der Waals surface area contributed by atoms with Gasteiger partial charge in [-0.05, 0) is 36.8 Å². The summed E-state index contributed by atoms with van der Waals surface area (Å²) in [4.78, 5) is 18.1. The molecule has 0 spiro atoms. The normalized spacial score (nSPS) is 14.2. The molecular formula is C18H19ClN2O3. The first kappa shape index (κ1) is 16.6. The monoisotopic (exact) mass is 346 g/mol. The highest BCUT2D eigenvalue weighted by Gasteiger charge is 2.32. The molecule has 6 heteroatoms. The minimum atomic E-state index is -0.0540. The van der Waals surface area contributed by atoms with Crippen molar-refractivity contribution in [1.82, 2.24) is 9.88 Å². The number of ether oxygens (including phenoxy) is 2. The molecule has 3 rings (SSSR count). The summed E-state index contributed by atoms with van der Waals surface area (Å²) in [6.45, 7) is 3.69. The van der Waals surface area contributed by atoms with Crippen LogP contribution in [0.4, 0.5) is 0 Å². The molecule has 126 valence electrons. The maximum Gasteiger partial charge on any atom is 0.232 e. The van der Waals surface area contributed by atoms with E-state index in [2.05, 4.69) is 4.98 Å². The van der Waals surface area contributed by atoms with Gasteiger partial charge in [0.15, 0.2) is 0 Å². The fourth-order valence-corrected chi connectivity index (χ4v) is 2.65. The molecule has 1 aromatic heterocycles. The van der Waals surface area contributed by atoms with Crippen molar-refractivity contribution in [3.05, 3.63) is 53.2 Å². The number of hydrogen-bond acceptors (Lipinski definition) is 4. The Kier molecular flexibility index (Phi) is 5.20. The predicted octanol–water partition coefficient (Wildman–Crippen LogP) is 2.97. The number of carbonyl (C=O) groups excluding carboxylic acids is 1. The SMILES string of the molecule is CCOc1ccc(CC(=O)N2CC(Oc3ncccc3Cl)C2)cc1. The zero-order chi connectivity index (χ0) is 16.9. The van der Waals surface area contributed by atoms with Crippen molar-refractivity contribution in [2.24, 2.45) is 0 Å². The van der Waals surface area contributed by atoms with Crippen LogP contribution in [0.25, 0.3) is 0 Å². The molecule has 1 aromatic carbocycles. The third kappa shape index (κ3) is 3.97. The van der Waals surface area contributed by atoms with Gasteiger partial charge in [-0.15, -0.1) is 0 Å². The van der Waals surface area contributed by atoms with E-state index >= 15 is 0 Å². The Labute approximate surface area is 146 Å². The summed E-state index contributed by atoms with van der Waals surface area (Å²) in [7, 11) is 0. The van der Waals surface area contributed by atoms with Gasteiger partial charge in [-0.25, -0.2) is 4.98 Å². The molecule has 2 aromatic rings. The van der Waals surface area contributed by atoms with Crippen LogP contribution in [-0.4, -0.2) is 41.6 Å². The summed E-state index contributed by atoms with van der Waals surface area (Å²) in [5, 5.41) is 0.483. The first-order valence-corrected chi connectivity index (χ1v) is 8.30. The maximum atomic E-state index is 12.3. The quantitative estimate of drug-likeness (QED) is 0.807. The molecule has 24 heavy (non-hydrogen) atoms. The van der Waals surface area contributed by atoms with Crippen LogP contribution in [0.5, 0.6) is 11.6 Å². The molecule has 0 saturated carbocycles. The number of likely N-dealkylation sites (tertiary alicyclic amines) is 1. The zero-order valence-electron chi connectivity index (χ0n) is 13.4. The van der Waals surface area contributed by atoms with Crippen LogP contribution in [0.1, 0.15) is 12.5 Å². The van der Waals surface area contributed by atoms with E-state index in [1.54, 1.807) is 23.2 Å². The van der Waals surface area contributed by atoms with Gasteiger partial charge < -0.3 is 14.4 Å². The van der Waals surface area contributed by atoms with Crippen LogP contribution < -0.4 is 9.47 Å². The summed E-state index contributed by atoms with van der Waals surface area (Å²) in [5.74, 6) is 1.33. The van der Waals surface area contributed by atoms with Crippen LogP contribution in [0.2, 0.25) is 5.02 Å². The Bertz CT molecular complexity index is 700. The van der Waals surface area contributed by atoms with E-state index in [1.165, 1.54) is 0 Å². The molecule has 0 atom stereocenters. The number of nitrogens with zero attached hydrogens (tertiary/aromatic N) is 2. The van der Waals surface area contributed by atoms with Crippen molar-refractivity contribution in [2.75, 3.05) is 19.7 Å². The van der Waals surface area contributed by atoms with Gasteiger partial charge in [0.05, 0.1) is 26.1 Å². The van der Waals surface area contributed by atoms with Crippen LogP contribution in [0.15, 0.2) is 42.6 Å². The molecule has 5 nitrogen and oxygen atoms in total. The second-order valence-electron chi connectivity index (χ2n) is 5.58. The first-order valence-electron chi connectivity index (χ1n) is 7.92. The Morgan fingerprint density at radius 2 is 2.04 bits per heavy atom. The lowest BCUT2D eigenvalue weighted by Crippen LogP contribution is -2.56. The summed E-state index contributed by atoms with van der Waals surface area (Å²) < 4.78 is 11.1. The van der Waals surface area contributed by atoms with Crippen molar-refractivity contribution >= 4 is 17.5 Å². The van der Waals surface area contributed by atoms with E-state index in [-0.39, 0.29) is 12.0 Å². The second-order valence-corrected chi connectivity index (χ2v) is 5.99. The third-order valence-corrected chi connectivity index (χ3v) is 4.08. The molecule has 0 unspecified atom stereocenters. The summed E-state index contributed by atoms with van der Waals surface area (Å²) in [5.41, 5.74) is 0.973. The lowest BCUT2D eigenvalue weighted by atomic mass is 10.1. The van der Waals surface area contributed by atoms with E-state index in [0.717, 1.165) is 11.3 Å². The molecule has 1 fully saturated rings. The summed E-state index contributed by atoms with van der Waals surface area (Å²) >= 11 is 6.01. The highest BCUT2D eigenvalue weighted by Crippen LogP contribution is 2.24. The van der Waals surface area contributed by atoms with Gasteiger partial charge in [0, 0.05) is 6.20 Å². The maximum absolute atomic E-state index is 12.3. The second kappa shape index (κ2) is 7.53. The molecule has 0 radical (unpaired) electrons. The standard InChI is InChI=1S/C18H19ClN2O3/c1-2-23-14-7-5-13(6-8-14)10-17(22)21-11-15(12-21)24-18-16(19)4-3-9-20-18/h3-9,15H,2,10-12H2,1H3. The molecule has 0 bridgehead atoms. The van der Waals surface area contributed by atoms with Crippen molar-refractivity contribution in [3.8, 4) is 11.6 Å². The van der Waals surface area contributed by atoms with Gasteiger partial charge in [-0.1, -0.05) is 23.7 Å². The molecule has 1 amide bonds. The highest BCUT2D eigenvalue weighted by atomic mass is 35.5. The van der Waals surface area contributed by atoms with E-state index in [4.69, 9.17) is 21.1 Å². The van der Waals surface area contributed by atoms with E-state index in [9.17, 15) is 4.79 Å². The molecule has 2 heterocycles. The number of hydrogen-bond donors (Lipinski definition) is 0. The average molecular weight is 347 g/mol. The predicted molar refractivity (Wildman–Crippen MR) is 91.6 cm³/mol. The van der Waals surface area contributed by atoms with Crippen molar-refractivity contribution < 1.29 is 14.3 Å². The minimum absolute atomic E-state index is 0.0540. The Morgan fingerprint density at radius 1 is 1.29 bits per heavy atom. The van der Waals surface area contributed by atoms with Gasteiger partial charge in [0.1, 0.15) is 16.9 Å². The molecule has 1 aliphatic rings. The van der Waals surface area contributed by atoms with Crippen molar-refractivity contribution in [2.45, 2.75) is 19.4 Å². The van der Waals surface area contributed by atoms with Crippen LogP contribution in [0, 0.1) is 0 Å². The lowest BCUT2D eigenvalue weighted by Gasteiger charge is -2.38. The van der Waals surface area contributed by atoms with E-state index in [1.807, 2.05) is 31.2 Å². The van der Waals surface area contributed by atoms with Gasteiger partial charge in [0.25, 0.3) is 0 Å². The Morgan fingerprint density at radius 3 is 2.71 bits per heavy atom. The number of rotatable bonds is 6. The van der Waals surface area contributed by atoms with Gasteiger partial charge >= 0.3 is 0 Å². The molecular weight excluding hydrogens is 328 g/mol. The highest BCUT2D eigenvalue weighted by molar-refractivity contribution is 6.31. The Balaban J connectivity index is 1.47. The fraction of sp³-hybridized carbons (Fsp3) is 0.333.